The molecule has 0 aliphatic carbocycles. The van der Waals surface area contributed by atoms with E-state index in [1.54, 1.807) is 12.4 Å². The first-order valence-corrected chi connectivity index (χ1v) is 6.80. The molecule has 0 atom stereocenters. The van der Waals surface area contributed by atoms with Crippen LogP contribution in [0, 0.1) is 0 Å². The van der Waals surface area contributed by atoms with Gasteiger partial charge < -0.3 is 21.1 Å². The van der Waals surface area contributed by atoms with Crippen molar-refractivity contribution in [2.24, 2.45) is 0 Å². The minimum atomic E-state index is 0.191. The van der Waals surface area contributed by atoms with Gasteiger partial charge in [-0.05, 0) is 6.07 Å². The van der Waals surface area contributed by atoms with Crippen molar-refractivity contribution in [3.05, 3.63) is 24.0 Å². The van der Waals surface area contributed by atoms with Gasteiger partial charge in [-0.1, -0.05) is 0 Å². The fraction of sp³-hybridized carbons (Fsp3) is 0.231. The van der Waals surface area contributed by atoms with E-state index < -0.39 is 0 Å². The molecule has 0 aromatic carbocycles. The summed E-state index contributed by atoms with van der Waals surface area (Å²) in [6.45, 7) is 1.69. The molecule has 0 unspecified atom stereocenters. The third kappa shape index (κ3) is 1.94. The highest BCUT2D eigenvalue weighted by Crippen LogP contribution is 2.31. The minimum absolute atomic E-state index is 0.191. The first kappa shape index (κ1) is 12.6. The van der Waals surface area contributed by atoms with Gasteiger partial charge in [0.05, 0.1) is 30.2 Å². The lowest BCUT2D eigenvalue weighted by Gasteiger charge is -2.21. The molecule has 1 aliphatic heterocycles. The monoisotopic (exact) mass is 298 g/mol. The number of aromatic amines is 1. The van der Waals surface area contributed by atoms with Crippen LogP contribution in [0.2, 0.25) is 0 Å². The fourth-order valence-corrected chi connectivity index (χ4v) is 2.58. The van der Waals surface area contributed by atoms with Crippen LogP contribution in [0.15, 0.2) is 18.5 Å². The number of nitrogens with zero attached hydrogens (tertiary/aromatic N) is 5. The van der Waals surface area contributed by atoms with Crippen LogP contribution in [0.1, 0.15) is 5.56 Å². The molecule has 3 aromatic heterocycles. The third-order valence-corrected chi connectivity index (χ3v) is 3.62. The Morgan fingerprint density at radius 2 is 2.18 bits per heavy atom. The van der Waals surface area contributed by atoms with Crippen LogP contribution in [0.3, 0.4) is 0 Å². The molecule has 112 valence electrons. The van der Waals surface area contributed by atoms with Gasteiger partial charge in [-0.2, -0.15) is 15.1 Å². The second kappa shape index (κ2) is 4.72. The Morgan fingerprint density at radius 3 is 3.09 bits per heavy atom. The van der Waals surface area contributed by atoms with Gasteiger partial charge >= 0.3 is 0 Å². The average Bonchev–Trinajstić information content (AvgIpc) is 2.84. The Labute approximate surface area is 125 Å². The Bertz CT molecular complexity index is 845. The van der Waals surface area contributed by atoms with E-state index in [0.29, 0.717) is 37.0 Å². The van der Waals surface area contributed by atoms with Crippen LogP contribution in [0.25, 0.3) is 11.0 Å². The number of fused-ring (bicyclic) bond motifs is 2. The zero-order valence-corrected chi connectivity index (χ0v) is 11.7. The van der Waals surface area contributed by atoms with Crippen molar-refractivity contribution < 1.29 is 4.74 Å². The van der Waals surface area contributed by atoms with Gasteiger partial charge in [0.25, 0.3) is 0 Å². The Kier molecular flexibility index (Phi) is 2.71. The number of hydrogen-bond acceptors (Lipinski definition) is 8. The fourth-order valence-electron chi connectivity index (χ4n) is 2.58. The van der Waals surface area contributed by atoms with E-state index in [2.05, 4.69) is 25.1 Å². The van der Waals surface area contributed by atoms with Crippen LogP contribution in [0.5, 0.6) is 5.75 Å². The van der Waals surface area contributed by atoms with Crippen molar-refractivity contribution in [2.45, 2.75) is 6.54 Å². The SMILES string of the molecule is Nc1nc(N2CCOc3ccnc(N)c3C2)c2cn[nH]c2n1. The minimum Gasteiger partial charge on any atom is -0.491 e. The summed E-state index contributed by atoms with van der Waals surface area (Å²) in [5.74, 6) is 2.10. The number of hydrogen-bond donors (Lipinski definition) is 3. The van der Waals surface area contributed by atoms with Crippen molar-refractivity contribution >= 4 is 28.6 Å². The number of pyridine rings is 1. The van der Waals surface area contributed by atoms with E-state index in [1.165, 1.54) is 0 Å². The summed E-state index contributed by atoms with van der Waals surface area (Å²) in [4.78, 5) is 14.7. The molecule has 0 spiro atoms. The van der Waals surface area contributed by atoms with E-state index in [-0.39, 0.29) is 5.95 Å². The largest absolute Gasteiger partial charge is 0.491 e. The van der Waals surface area contributed by atoms with Gasteiger partial charge in [0, 0.05) is 6.20 Å². The van der Waals surface area contributed by atoms with Crippen molar-refractivity contribution in [1.82, 2.24) is 25.1 Å². The second-order valence-electron chi connectivity index (χ2n) is 4.98. The first-order valence-electron chi connectivity index (χ1n) is 6.80. The first-order chi connectivity index (χ1) is 10.7. The summed E-state index contributed by atoms with van der Waals surface area (Å²) in [5.41, 5.74) is 13.2. The van der Waals surface area contributed by atoms with Gasteiger partial charge in [0.15, 0.2) is 5.65 Å². The predicted octanol–water partition coefficient (Wildman–Crippen LogP) is 0.311. The lowest BCUT2D eigenvalue weighted by atomic mass is 10.2. The van der Waals surface area contributed by atoms with Crippen LogP contribution in [0.4, 0.5) is 17.6 Å². The van der Waals surface area contributed by atoms with Crippen LogP contribution in [-0.4, -0.2) is 38.3 Å². The lowest BCUT2D eigenvalue weighted by Crippen LogP contribution is -2.27. The number of aromatic nitrogens is 5. The molecule has 1 aliphatic rings. The maximum Gasteiger partial charge on any atom is 0.224 e. The molecule has 4 heterocycles. The van der Waals surface area contributed by atoms with Crippen molar-refractivity contribution in [2.75, 3.05) is 29.5 Å². The highest BCUT2D eigenvalue weighted by atomic mass is 16.5. The predicted molar refractivity (Wildman–Crippen MR) is 81.3 cm³/mol. The Morgan fingerprint density at radius 1 is 1.27 bits per heavy atom. The molecule has 0 bridgehead atoms. The number of anilines is 3. The van der Waals surface area contributed by atoms with E-state index in [4.69, 9.17) is 16.2 Å². The summed E-state index contributed by atoms with van der Waals surface area (Å²) in [6, 6.07) is 1.82. The van der Waals surface area contributed by atoms with Gasteiger partial charge in [-0.25, -0.2) is 4.98 Å². The smallest absolute Gasteiger partial charge is 0.224 e. The number of rotatable bonds is 1. The summed E-state index contributed by atoms with van der Waals surface area (Å²) in [5, 5.41) is 7.62. The van der Waals surface area contributed by atoms with E-state index in [9.17, 15) is 0 Å². The van der Waals surface area contributed by atoms with E-state index in [1.807, 2.05) is 11.0 Å². The second-order valence-corrected chi connectivity index (χ2v) is 4.98. The highest BCUT2D eigenvalue weighted by molar-refractivity contribution is 5.87. The number of ether oxygens (including phenoxy) is 1. The maximum absolute atomic E-state index is 5.98. The molecule has 0 radical (unpaired) electrons. The molecule has 9 heteroatoms. The average molecular weight is 298 g/mol. The molecule has 3 aromatic rings. The standard InChI is InChI=1S/C13H14N8O/c14-10-8-6-21(3-4-22-9(8)1-2-16-10)12-7-5-17-20-11(7)18-13(15)19-12/h1-2,5H,3-4,6H2,(H2,14,16)(H3,15,17,18,19,20). The summed E-state index contributed by atoms with van der Waals surface area (Å²) in [6.07, 6.45) is 3.32. The molecule has 0 saturated heterocycles. The molecule has 0 saturated carbocycles. The highest BCUT2D eigenvalue weighted by Gasteiger charge is 2.22. The number of nitrogens with one attached hydrogen (secondary N) is 1. The zero-order valence-electron chi connectivity index (χ0n) is 11.7. The number of nitrogens with two attached hydrogens (primary N) is 2. The molecular weight excluding hydrogens is 284 g/mol. The topological polar surface area (TPSA) is 132 Å². The molecule has 9 nitrogen and oxygen atoms in total. The van der Waals surface area contributed by atoms with Gasteiger partial charge in [-0.3, -0.25) is 5.10 Å². The Balaban J connectivity index is 1.82. The van der Waals surface area contributed by atoms with Crippen LogP contribution < -0.4 is 21.1 Å². The van der Waals surface area contributed by atoms with Crippen molar-refractivity contribution in [1.29, 1.82) is 0 Å². The van der Waals surface area contributed by atoms with Gasteiger partial charge in [0.1, 0.15) is 24.0 Å². The molecular formula is C13H14N8O. The zero-order chi connectivity index (χ0) is 15.1. The number of nitrogen functional groups attached to an aromatic ring is 2. The van der Waals surface area contributed by atoms with Gasteiger partial charge in [0.2, 0.25) is 5.95 Å². The lowest BCUT2D eigenvalue weighted by molar-refractivity contribution is 0.331. The summed E-state index contributed by atoms with van der Waals surface area (Å²) in [7, 11) is 0. The van der Waals surface area contributed by atoms with Gasteiger partial charge in [-0.15, -0.1) is 0 Å². The van der Waals surface area contributed by atoms with E-state index in [0.717, 1.165) is 16.7 Å². The van der Waals surface area contributed by atoms with Crippen LogP contribution >= 0.6 is 0 Å². The van der Waals surface area contributed by atoms with Crippen molar-refractivity contribution in [3.8, 4) is 5.75 Å². The molecule has 0 amide bonds. The summed E-state index contributed by atoms with van der Waals surface area (Å²) < 4.78 is 5.75. The third-order valence-electron chi connectivity index (χ3n) is 3.62. The maximum atomic E-state index is 5.98. The normalized spacial score (nSPS) is 14.5. The molecule has 0 fully saturated rings. The van der Waals surface area contributed by atoms with E-state index >= 15 is 0 Å². The Hall–Kier alpha value is -3.10. The van der Waals surface area contributed by atoms with Crippen LogP contribution in [-0.2, 0) is 6.54 Å². The molecule has 22 heavy (non-hydrogen) atoms. The number of H-pyrrole nitrogens is 1. The summed E-state index contributed by atoms with van der Waals surface area (Å²) >= 11 is 0. The quantitative estimate of drug-likeness (QED) is 0.585. The molecule has 5 N–H and O–H groups in total. The molecule has 4 rings (SSSR count). The van der Waals surface area contributed by atoms with Crippen molar-refractivity contribution in [3.63, 3.8) is 0 Å².